The molecule has 0 radical (unpaired) electrons. The molecule has 5 nitrogen and oxygen atoms in total. The van der Waals surface area contributed by atoms with E-state index >= 15 is 0 Å². The fourth-order valence-electron chi connectivity index (χ4n) is 2.87. The second-order valence-electron chi connectivity index (χ2n) is 5.30. The largest absolute Gasteiger partial charge is 0.355 e. The van der Waals surface area contributed by atoms with Crippen molar-refractivity contribution in [3.8, 4) is 0 Å². The van der Waals surface area contributed by atoms with Crippen LogP contribution in [0.4, 0.5) is 5.82 Å². The summed E-state index contributed by atoms with van der Waals surface area (Å²) < 4.78 is 0. The van der Waals surface area contributed by atoms with Gasteiger partial charge in [0.2, 0.25) is 5.28 Å². The van der Waals surface area contributed by atoms with E-state index in [1.165, 1.54) is 6.42 Å². The molecule has 18 heavy (non-hydrogen) atoms. The number of hydrogen-bond donors (Lipinski definition) is 1. The highest BCUT2D eigenvalue weighted by Gasteiger charge is 2.25. The number of nitrogens with zero attached hydrogens (tertiary/aromatic N) is 4. The van der Waals surface area contributed by atoms with Crippen LogP contribution in [0.2, 0.25) is 5.28 Å². The SMILES string of the molecule is CC1CC(C)CN(c2nc(Cl)nc3[nH]ncc23)C1. The highest BCUT2D eigenvalue weighted by Crippen LogP contribution is 2.29. The van der Waals surface area contributed by atoms with Crippen LogP contribution in [0, 0.1) is 11.8 Å². The van der Waals surface area contributed by atoms with Crippen LogP contribution in [0.25, 0.3) is 11.0 Å². The van der Waals surface area contributed by atoms with Gasteiger partial charge in [-0.15, -0.1) is 0 Å². The lowest BCUT2D eigenvalue weighted by Gasteiger charge is -2.35. The van der Waals surface area contributed by atoms with Gasteiger partial charge in [0.25, 0.3) is 0 Å². The molecule has 1 aliphatic heterocycles. The van der Waals surface area contributed by atoms with E-state index in [-0.39, 0.29) is 5.28 Å². The van der Waals surface area contributed by atoms with Crippen LogP contribution < -0.4 is 4.90 Å². The van der Waals surface area contributed by atoms with Gasteiger partial charge in [0.1, 0.15) is 5.82 Å². The van der Waals surface area contributed by atoms with Crippen molar-refractivity contribution in [3.05, 3.63) is 11.5 Å². The van der Waals surface area contributed by atoms with Gasteiger partial charge >= 0.3 is 0 Å². The maximum absolute atomic E-state index is 5.98. The van der Waals surface area contributed by atoms with Crippen molar-refractivity contribution < 1.29 is 0 Å². The summed E-state index contributed by atoms with van der Waals surface area (Å²) in [7, 11) is 0. The number of aromatic amines is 1. The lowest BCUT2D eigenvalue weighted by atomic mass is 9.92. The summed E-state index contributed by atoms with van der Waals surface area (Å²) in [4.78, 5) is 10.8. The Kier molecular flexibility index (Phi) is 2.86. The Hall–Kier alpha value is -1.36. The fraction of sp³-hybridized carbons (Fsp3) is 0.583. The molecular formula is C12H16ClN5. The molecule has 6 heteroatoms. The van der Waals surface area contributed by atoms with Gasteiger partial charge in [-0.05, 0) is 29.9 Å². The zero-order valence-corrected chi connectivity index (χ0v) is 11.3. The van der Waals surface area contributed by atoms with E-state index in [0.29, 0.717) is 17.5 Å². The second-order valence-corrected chi connectivity index (χ2v) is 5.64. The van der Waals surface area contributed by atoms with Crippen molar-refractivity contribution in [1.82, 2.24) is 20.2 Å². The van der Waals surface area contributed by atoms with Crippen LogP contribution in [-0.2, 0) is 0 Å². The molecule has 3 heterocycles. The molecule has 3 rings (SSSR count). The van der Waals surface area contributed by atoms with E-state index < -0.39 is 0 Å². The summed E-state index contributed by atoms with van der Waals surface area (Å²) in [6.45, 7) is 6.58. The normalized spacial score (nSPS) is 24.7. The molecule has 0 amide bonds. The molecule has 1 fully saturated rings. The number of piperidine rings is 1. The van der Waals surface area contributed by atoms with Crippen LogP contribution in [0.3, 0.4) is 0 Å². The van der Waals surface area contributed by atoms with Crippen molar-refractivity contribution in [2.24, 2.45) is 11.8 Å². The highest BCUT2D eigenvalue weighted by atomic mass is 35.5. The van der Waals surface area contributed by atoms with E-state index in [1.807, 2.05) is 0 Å². The van der Waals surface area contributed by atoms with E-state index in [9.17, 15) is 0 Å². The van der Waals surface area contributed by atoms with Crippen molar-refractivity contribution >= 4 is 28.5 Å². The minimum absolute atomic E-state index is 0.271. The number of anilines is 1. The van der Waals surface area contributed by atoms with Crippen LogP contribution in [0.5, 0.6) is 0 Å². The molecule has 2 aromatic rings. The Morgan fingerprint density at radius 3 is 2.72 bits per heavy atom. The Morgan fingerprint density at radius 1 is 1.28 bits per heavy atom. The first-order valence-corrected chi connectivity index (χ1v) is 6.63. The topological polar surface area (TPSA) is 57.7 Å². The first-order valence-electron chi connectivity index (χ1n) is 6.25. The summed E-state index contributed by atoms with van der Waals surface area (Å²) in [5.74, 6) is 2.24. The Labute approximate surface area is 111 Å². The summed E-state index contributed by atoms with van der Waals surface area (Å²) in [6.07, 6.45) is 3.04. The Balaban J connectivity index is 2.05. The van der Waals surface area contributed by atoms with Crippen LogP contribution in [0.1, 0.15) is 20.3 Å². The average Bonchev–Trinajstić information content (AvgIpc) is 2.74. The van der Waals surface area contributed by atoms with Gasteiger partial charge in [0, 0.05) is 13.1 Å². The number of rotatable bonds is 1. The van der Waals surface area contributed by atoms with Crippen molar-refractivity contribution in [2.45, 2.75) is 20.3 Å². The molecule has 0 saturated carbocycles. The first kappa shape index (κ1) is 11.7. The molecule has 0 spiro atoms. The predicted octanol–water partition coefficient (Wildman–Crippen LogP) is 2.49. The van der Waals surface area contributed by atoms with Gasteiger partial charge in [-0.3, -0.25) is 5.10 Å². The molecule has 0 aliphatic carbocycles. The summed E-state index contributed by atoms with van der Waals surface area (Å²) >= 11 is 5.98. The van der Waals surface area contributed by atoms with Gasteiger partial charge in [0.05, 0.1) is 11.6 Å². The molecule has 1 N–H and O–H groups in total. The fourth-order valence-corrected chi connectivity index (χ4v) is 3.03. The molecule has 1 aliphatic rings. The zero-order valence-electron chi connectivity index (χ0n) is 10.5. The van der Waals surface area contributed by atoms with Crippen molar-refractivity contribution in [2.75, 3.05) is 18.0 Å². The third-order valence-corrected chi connectivity index (χ3v) is 3.60. The summed E-state index contributed by atoms with van der Waals surface area (Å²) in [6, 6.07) is 0. The average molecular weight is 266 g/mol. The zero-order chi connectivity index (χ0) is 12.7. The van der Waals surface area contributed by atoms with Gasteiger partial charge in [-0.2, -0.15) is 15.1 Å². The van der Waals surface area contributed by atoms with Crippen molar-refractivity contribution in [1.29, 1.82) is 0 Å². The number of hydrogen-bond acceptors (Lipinski definition) is 4. The second kappa shape index (κ2) is 4.39. The van der Waals surface area contributed by atoms with Crippen LogP contribution >= 0.6 is 11.6 Å². The minimum atomic E-state index is 0.271. The molecular weight excluding hydrogens is 250 g/mol. The van der Waals surface area contributed by atoms with Crippen molar-refractivity contribution in [3.63, 3.8) is 0 Å². The molecule has 0 bridgehead atoms. The number of halogens is 1. The smallest absolute Gasteiger partial charge is 0.226 e. The minimum Gasteiger partial charge on any atom is -0.355 e. The molecule has 2 unspecified atom stereocenters. The highest BCUT2D eigenvalue weighted by molar-refractivity contribution is 6.28. The van der Waals surface area contributed by atoms with E-state index in [4.69, 9.17) is 11.6 Å². The third kappa shape index (κ3) is 2.03. The maximum atomic E-state index is 5.98. The maximum Gasteiger partial charge on any atom is 0.226 e. The molecule has 1 saturated heterocycles. The molecule has 0 aromatic carbocycles. The predicted molar refractivity (Wildman–Crippen MR) is 71.9 cm³/mol. The number of fused-ring (bicyclic) bond motifs is 1. The lowest BCUT2D eigenvalue weighted by molar-refractivity contribution is 0.356. The monoisotopic (exact) mass is 265 g/mol. The third-order valence-electron chi connectivity index (χ3n) is 3.43. The Bertz CT molecular complexity index is 557. The summed E-state index contributed by atoms with van der Waals surface area (Å²) in [5.41, 5.74) is 0.705. The van der Waals surface area contributed by atoms with E-state index in [0.717, 1.165) is 24.3 Å². The summed E-state index contributed by atoms with van der Waals surface area (Å²) in [5, 5.41) is 8.09. The number of H-pyrrole nitrogens is 1. The lowest BCUT2D eigenvalue weighted by Crippen LogP contribution is -2.39. The Morgan fingerprint density at radius 2 is 2.00 bits per heavy atom. The van der Waals surface area contributed by atoms with Gasteiger partial charge in [-0.1, -0.05) is 13.8 Å². The van der Waals surface area contributed by atoms with E-state index in [1.54, 1.807) is 6.20 Å². The van der Waals surface area contributed by atoms with Crippen LogP contribution in [0.15, 0.2) is 6.20 Å². The molecule has 2 aromatic heterocycles. The first-order chi connectivity index (χ1) is 8.63. The van der Waals surface area contributed by atoms with Gasteiger partial charge < -0.3 is 4.90 Å². The van der Waals surface area contributed by atoms with Crippen LogP contribution in [-0.4, -0.2) is 33.3 Å². The molecule has 96 valence electrons. The quantitative estimate of drug-likeness (QED) is 0.805. The number of aromatic nitrogens is 4. The number of nitrogens with one attached hydrogen (secondary N) is 1. The van der Waals surface area contributed by atoms with Gasteiger partial charge in [-0.25, -0.2) is 0 Å². The van der Waals surface area contributed by atoms with Gasteiger partial charge in [0.15, 0.2) is 5.65 Å². The van der Waals surface area contributed by atoms with E-state index in [2.05, 4.69) is 38.9 Å². The molecule has 2 atom stereocenters. The standard InChI is InChI=1S/C12H16ClN5/c1-7-3-8(2)6-18(5-7)11-9-4-14-17-10(9)15-12(13)16-11/h4,7-8H,3,5-6H2,1-2H3,(H,14,15,16,17).